The summed E-state index contributed by atoms with van der Waals surface area (Å²) < 4.78 is 83.4. The third-order valence-corrected chi connectivity index (χ3v) is 24.6. The van der Waals surface area contributed by atoms with Gasteiger partial charge in [0, 0.05) is 60.2 Å². The van der Waals surface area contributed by atoms with Crippen LogP contribution in [0.25, 0.3) is 0 Å². The van der Waals surface area contributed by atoms with Gasteiger partial charge in [0.2, 0.25) is 41.4 Å². The number of nitrogens with one attached hydrogen (secondary N) is 6. The van der Waals surface area contributed by atoms with Crippen molar-refractivity contribution in [1.29, 1.82) is 0 Å². The highest BCUT2D eigenvalue weighted by molar-refractivity contribution is 6.02. The number of rotatable bonds is 40. The number of aliphatic hydroxyl groups excluding tert-OH is 5. The third kappa shape index (κ3) is 20.7. The number of Topliss-reactive ketones (excluding diaryl/α,β-unsaturated/α-hetero) is 1. The number of fused-ring (bicyclic) bond motifs is 10. The van der Waals surface area contributed by atoms with Crippen LogP contribution in [0, 0.1) is 40.4 Å². The predicted octanol–water partition coefficient (Wildman–Crippen LogP) is 3.04. The molecule has 8 aliphatic rings. The van der Waals surface area contributed by atoms with Gasteiger partial charge in [-0.05, 0) is 131 Å². The van der Waals surface area contributed by atoms with Crippen LogP contribution in [0.3, 0.4) is 0 Å². The Morgan fingerprint density at radius 1 is 0.731 bits per heavy atom. The minimum atomic E-state index is -2.44. The molecule has 652 valence electrons. The van der Waals surface area contributed by atoms with Crippen LogP contribution >= 0.6 is 0 Å². The molecule has 0 bridgehead atoms. The highest BCUT2D eigenvalue weighted by atomic mass is 19.1. The van der Waals surface area contributed by atoms with Gasteiger partial charge in [0.15, 0.2) is 35.4 Å². The van der Waals surface area contributed by atoms with E-state index < -0.39 is 174 Å². The lowest BCUT2D eigenvalue weighted by molar-refractivity contribution is -0.254. The van der Waals surface area contributed by atoms with Crippen LogP contribution in [0.15, 0.2) is 72.3 Å². The van der Waals surface area contributed by atoms with E-state index in [9.17, 15) is 63.9 Å². The molecule has 19 atom stereocenters. The van der Waals surface area contributed by atoms with Gasteiger partial charge < -0.3 is 100 Å². The van der Waals surface area contributed by atoms with Gasteiger partial charge in [0.1, 0.15) is 67.1 Å². The van der Waals surface area contributed by atoms with Gasteiger partial charge in [0.25, 0.3) is 0 Å². The number of aromatic nitrogens is 3. The average molecular weight is 1670 g/mol. The smallest absolute Gasteiger partial charge is 0.246 e. The molecule has 2 saturated heterocycles. The molecule has 5 fully saturated rings. The summed E-state index contributed by atoms with van der Waals surface area (Å²) in [6.45, 7) is 10.3. The molecule has 0 spiro atoms. The van der Waals surface area contributed by atoms with Crippen LogP contribution in [-0.2, 0) is 94.0 Å². The summed E-state index contributed by atoms with van der Waals surface area (Å²) in [5, 5.41) is 78.7. The molecule has 4 heterocycles. The molecule has 119 heavy (non-hydrogen) atoms. The normalized spacial score (nSPS) is 29.2. The molecule has 32 nitrogen and oxygen atoms in total. The zero-order valence-corrected chi connectivity index (χ0v) is 68.5. The van der Waals surface area contributed by atoms with Crippen LogP contribution in [0.4, 0.5) is 14.5 Å². The van der Waals surface area contributed by atoms with Gasteiger partial charge in [-0.3, -0.25) is 43.2 Å². The van der Waals surface area contributed by atoms with E-state index in [2.05, 4.69) is 54.1 Å². The van der Waals surface area contributed by atoms with Crippen LogP contribution in [0.5, 0.6) is 0 Å². The van der Waals surface area contributed by atoms with Gasteiger partial charge in [-0.2, -0.15) is 0 Å². The Balaban J connectivity index is 0.630. The monoisotopic (exact) mass is 1670 g/mol. The number of halogens is 2. The SMILES string of the molecule is CCCC1O[C@@H]2C[C@H]3[C@@H]4C[C@H](F)C5=CC(=O)C=C[C@]5(C)[C@@]4(F)[C@@H](O)C[C@]3(C)[C@]2(C(=O)CNC(=O)[C@H](C)NC(=O)[C@@H](NC(=O)[C@@H](CCCCNC(=O)COC2CCCCCc3c2nnn3[C@@H]2O[C@H](CO)[C@H](O)[C@H](O)[C@H]2O)NC(=O)CCOCCOCCOCCOCCNC(=O)CCC(=O)N2Cc3ccccc3C#Cc3ccccc32)C(C)C)O1. The summed E-state index contributed by atoms with van der Waals surface area (Å²) in [7, 11) is 0. The number of alkyl halides is 2. The van der Waals surface area contributed by atoms with Crippen molar-refractivity contribution in [3.8, 4) is 11.8 Å². The highest BCUT2D eigenvalue weighted by Crippen LogP contribution is 2.72. The predicted molar refractivity (Wildman–Crippen MR) is 423 cm³/mol. The van der Waals surface area contributed by atoms with Crippen molar-refractivity contribution < 1.29 is 115 Å². The van der Waals surface area contributed by atoms with Crippen molar-refractivity contribution in [2.75, 3.05) is 90.6 Å². The molecule has 2 aromatic carbocycles. The molecule has 1 aromatic heterocycles. The minimum absolute atomic E-state index is 0.000112. The molecule has 5 aliphatic carbocycles. The average Bonchev–Trinajstić information content (AvgIpc) is 1.54. The lowest BCUT2D eigenvalue weighted by Gasteiger charge is -2.63. The number of para-hydroxylation sites is 1. The molecule has 34 heteroatoms. The van der Waals surface area contributed by atoms with E-state index in [0.29, 0.717) is 55.7 Å². The topological polar surface area (TPSA) is 435 Å². The second-order valence-electron chi connectivity index (χ2n) is 32.8. The second-order valence-corrected chi connectivity index (χ2v) is 32.8. The summed E-state index contributed by atoms with van der Waals surface area (Å²) in [6, 6.07) is 11.3. The lowest BCUT2D eigenvalue weighted by Crippen LogP contribution is -2.71. The van der Waals surface area contributed by atoms with Gasteiger partial charge in [-0.1, -0.05) is 100 Å². The fourth-order valence-electron chi connectivity index (χ4n) is 18.2. The van der Waals surface area contributed by atoms with Crippen LogP contribution < -0.4 is 36.8 Å². The number of anilines is 1. The van der Waals surface area contributed by atoms with E-state index in [1.54, 1.807) is 25.7 Å². The first-order valence-corrected chi connectivity index (χ1v) is 41.8. The van der Waals surface area contributed by atoms with Gasteiger partial charge >= 0.3 is 0 Å². The van der Waals surface area contributed by atoms with E-state index in [1.165, 1.54) is 30.7 Å². The molecule has 2 unspecified atom stereocenters. The maximum absolute atomic E-state index is 18.2. The van der Waals surface area contributed by atoms with Crippen molar-refractivity contribution in [3.05, 3.63) is 100 Å². The standard InChI is InChI=1S/C85H116F2N10O22/c1-7-17-72-118-67-44-56-57-43-59(86)58-42-55(99)29-31-82(58,5)84(57,87)65(100)45-83(56,6)85(67,119-72)66(101)46-90-78(109)51(4)91-80(111)73(50(2)3)93-79(110)60(21-15-16-32-88-70(104)49-116-63-24-10-8-9-23-62-74(63)94-95-97(62)81-77(108)76(107)75(106)64(48-98)117-81)92-69(103)30-34-112-36-38-114-40-41-115-39-37-113-35-33-89-68(102)27-28-71(105)96-47-54-20-12-11-18-52(54)25-26-53-19-13-14-22-61(53)96/h11-14,18-20,22,29,31,42,50-51,56-57,59-60,63-65,67,72-73,75-77,81,98,100,106-108H,7-10,15-17,21,23-24,27-28,30,32-41,43-49H2,1-6H3,(H,88,104)(H,89,102)(H,90,109)(H,91,111)(H,92,103)(H,93,110)/t51-,56-,57-,59-,60+,63?,64+,65-,67+,72?,73-,75-,76-,77+,81+,82-,83-,84-,85+/m0/s1. The Labute approximate surface area is 691 Å². The molecule has 3 aliphatic heterocycles. The Morgan fingerprint density at radius 2 is 1.43 bits per heavy atom. The van der Waals surface area contributed by atoms with Gasteiger partial charge in [-0.15, -0.1) is 5.10 Å². The molecule has 7 amide bonds. The number of carbonyl (C=O) groups is 9. The number of unbranched alkanes of at least 4 members (excludes halogenated alkanes) is 1. The molecular weight excluding hydrogens is 1550 g/mol. The third-order valence-electron chi connectivity index (χ3n) is 24.6. The molecular formula is C85H116F2N10O22. The number of ketones is 2. The first-order valence-electron chi connectivity index (χ1n) is 41.8. The number of amides is 7. The van der Waals surface area contributed by atoms with Crippen molar-refractivity contribution in [2.24, 2.45) is 28.6 Å². The van der Waals surface area contributed by atoms with Gasteiger partial charge in [0.05, 0.1) is 96.1 Å². The van der Waals surface area contributed by atoms with E-state index in [1.807, 2.05) is 55.5 Å². The zero-order chi connectivity index (χ0) is 85.3. The Bertz CT molecular complexity index is 4210. The molecule has 3 saturated carbocycles. The summed E-state index contributed by atoms with van der Waals surface area (Å²) >= 11 is 0. The zero-order valence-electron chi connectivity index (χ0n) is 68.5. The summed E-state index contributed by atoms with van der Waals surface area (Å²) in [4.78, 5) is 125. The van der Waals surface area contributed by atoms with Crippen molar-refractivity contribution >= 4 is 58.6 Å². The largest absolute Gasteiger partial charge is 0.394 e. The van der Waals surface area contributed by atoms with Crippen molar-refractivity contribution in [3.63, 3.8) is 0 Å². The number of allylic oxidation sites excluding steroid dienone is 4. The number of aliphatic hydroxyl groups is 5. The maximum Gasteiger partial charge on any atom is 0.246 e. The summed E-state index contributed by atoms with van der Waals surface area (Å²) in [6.07, 6.45) is -5.62. The van der Waals surface area contributed by atoms with Crippen molar-refractivity contribution in [1.82, 2.24) is 46.9 Å². The number of nitrogens with zero attached hydrogens (tertiary/aromatic N) is 4. The van der Waals surface area contributed by atoms with Gasteiger partial charge in [-0.25, -0.2) is 13.5 Å². The maximum atomic E-state index is 18.2. The molecule has 11 N–H and O–H groups in total. The number of ether oxygens (including phenoxy) is 8. The summed E-state index contributed by atoms with van der Waals surface area (Å²) in [5.41, 5.74) is -3.18. The first kappa shape index (κ1) is 91.3. The quantitative estimate of drug-likeness (QED) is 0.0288. The Morgan fingerprint density at radius 3 is 2.16 bits per heavy atom. The van der Waals surface area contributed by atoms with Crippen LogP contribution in [-0.4, -0.2) is 258 Å². The van der Waals surface area contributed by atoms with E-state index in [-0.39, 0.29) is 141 Å². The van der Waals surface area contributed by atoms with Crippen molar-refractivity contribution in [2.45, 2.75) is 242 Å². The number of carbonyl (C=O) groups excluding carboxylic acids is 9. The summed E-state index contributed by atoms with van der Waals surface area (Å²) in [5.74, 6) is -1.04. The second kappa shape index (κ2) is 41.4. The Kier molecular flexibility index (Phi) is 31.8. The number of hydrogen-bond donors (Lipinski definition) is 11. The van der Waals surface area contributed by atoms with E-state index in [0.717, 1.165) is 42.0 Å². The molecule has 0 radical (unpaired) electrons. The molecule has 3 aromatic rings. The highest BCUT2D eigenvalue weighted by Gasteiger charge is 2.80. The molecule has 11 rings (SSSR count). The fraction of sp³-hybridized carbons (Fsp3) is 0.659. The minimum Gasteiger partial charge on any atom is -0.394 e. The fourth-order valence-corrected chi connectivity index (χ4v) is 18.2. The van der Waals surface area contributed by atoms with E-state index >= 15 is 13.6 Å². The van der Waals surface area contributed by atoms with E-state index in [4.69, 9.17) is 37.9 Å². The Hall–Kier alpha value is -8.41. The number of hydrogen-bond acceptors (Lipinski definition) is 24. The van der Waals surface area contributed by atoms with Crippen LogP contribution in [0.1, 0.15) is 178 Å². The number of benzene rings is 2. The lowest BCUT2D eigenvalue weighted by atomic mass is 9.44. The van der Waals surface area contributed by atoms with Crippen LogP contribution in [0.2, 0.25) is 0 Å². The first-order chi connectivity index (χ1) is 57.1.